The van der Waals surface area contributed by atoms with Crippen molar-refractivity contribution in [2.45, 2.75) is 6.92 Å². The van der Waals surface area contributed by atoms with Gasteiger partial charge >= 0.3 is 0 Å². The molecule has 1 amide bonds. The molecule has 0 radical (unpaired) electrons. The summed E-state index contributed by atoms with van der Waals surface area (Å²) in [5.41, 5.74) is 9.71. The van der Waals surface area contributed by atoms with Crippen LogP contribution in [0.4, 0.5) is 11.6 Å². The normalized spacial score (nSPS) is 11.1. The van der Waals surface area contributed by atoms with Gasteiger partial charge < -0.3 is 20.7 Å². The van der Waals surface area contributed by atoms with Crippen LogP contribution in [-0.4, -0.2) is 53.0 Å². The Morgan fingerprint density at radius 2 is 2.03 bits per heavy atom. The van der Waals surface area contributed by atoms with E-state index >= 15 is 0 Å². The first-order valence-corrected chi connectivity index (χ1v) is 10.9. The largest absolute Gasteiger partial charge is 0.490 e. The molecule has 0 bridgehead atoms. The number of nitrogens with one attached hydrogen (secondary N) is 1. The second kappa shape index (κ2) is 9.29. The predicted octanol–water partition coefficient (Wildman–Crippen LogP) is 3.84. The van der Waals surface area contributed by atoms with Crippen LogP contribution in [0, 0.1) is 6.92 Å². The molecule has 0 fully saturated rings. The molecule has 8 nitrogen and oxygen atoms in total. The molecule has 4 aromatic rings. The van der Waals surface area contributed by atoms with Gasteiger partial charge in [0.1, 0.15) is 17.9 Å². The van der Waals surface area contributed by atoms with Crippen LogP contribution < -0.4 is 15.8 Å². The lowest BCUT2D eigenvalue weighted by Gasteiger charge is -2.12. The lowest BCUT2D eigenvalue weighted by molar-refractivity contribution is 0.102. The van der Waals surface area contributed by atoms with Crippen molar-refractivity contribution in [3.05, 3.63) is 59.2 Å². The molecule has 0 aliphatic heterocycles. The Kier molecular flexibility index (Phi) is 6.29. The number of thiazole rings is 1. The summed E-state index contributed by atoms with van der Waals surface area (Å²) >= 11 is 1.31. The molecular formula is C23H24N6O2S. The van der Waals surface area contributed by atoms with Gasteiger partial charge in [0.2, 0.25) is 5.95 Å². The zero-order valence-electron chi connectivity index (χ0n) is 18.1. The highest BCUT2D eigenvalue weighted by Crippen LogP contribution is 2.35. The number of nitrogens with zero attached hydrogens (tertiary/aromatic N) is 4. The zero-order valence-corrected chi connectivity index (χ0v) is 18.9. The van der Waals surface area contributed by atoms with E-state index in [0.29, 0.717) is 28.6 Å². The van der Waals surface area contributed by atoms with Gasteiger partial charge in [-0.3, -0.25) is 4.79 Å². The average molecular weight is 449 g/mol. The quantitative estimate of drug-likeness (QED) is 0.442. The summed E-state index contributed by atoms with van der Waals surface area (Å²) in [5, 5.41) is 3.28. The van der Waals surface area contributed by atoms with Gasteiger partial charge in [0.25, 0.3) is 5.91 Å². The second-order valence-electron chi connectivity index (χ2n) is 7.62. The first-order valence-electron chi connectivity index (χ1n) is 10.1. The van der Waals surface area contributed by atoms with Crippen LogP contribution in [0.1, 0.15) is 15.4 Å². The fourth-order valence-electron chi connectivity index (χ4n) is 3.13. The monoisotopic (exact) mass is 448 g/mol. The van der Waals surface area contributed by atoms with Gasteiger partial charge in [-0.05, 0) is 56.9 Å². The Morgan fingerprint density at radius 1 is 1.19 bits per heavy atom. The standard InChI is InChI=1S/C23H24N6O2S/c1-14-5-4-6-16(11-14)26-21(30)22-28-20-18(31-10-9-29(2)3)12-15(13-19(20)32-22)17-7-8-25-23(24)27-17/h4-8,11-13H,9-10H2,1-3H3,(H,26,30)(H2,24,25,27). The number of aryl methyl sites for hydroxylation is 1. The van der Waals surface area contributed by atoms with E-state index in [4.69, 9.17) is 10.5 Å². The Bertz CT molecular complexity index is 1270. The summed E-state index contributed by atoms with van der Waals surface area (Å²) in [5.74, 6) is 0.534. The summed E-state index contributed by atoms with van der Waals surface area (Å²) in [7, 11) is 3.96. The summed E-state index contributed by atoms with van der Waals surface area (Å²) < 4.78 is 6.87. The molecule has 2 aromatic heterocycles. The number of carbonyl (C=O) groups excluding carboxylic acids is 1. The molecule has 2 heterocycles. The smallest absolute Gasteiger partial charge is 0.284 e. The minimum Gasteiger partial charge on any atom is -0.490 e. The molecule has 0 saturated heterocycles. The van der Waals surface area contributed by atoms with Crippen molar-refractivity contribution in [2.75, 3.05) is 38.3 Å². The summed E-state index contributed by atoms with van der Waals surface area (Å²) in [4.78, 5) is 27.8. The van der Waals surface area contributed by atoms with Crippen molar-refractivity contribution in [1.82, 2.24) is 19.9 Å². The minimum atomic E-state index is -0.260. The number of nitrogens with two attached hydrogens (primary N) is 1. The number of amides is 1. The molecule has 164 valence electrons. The molecule has 0 aliphatic carbocycles. The van der Waals surface area contributed by atoms with Gasteiger partial charge in [-0.2, -0.15) is 0 Å². The van der Waals surface area contributed by atoms with Gasteiger partial charge in [0, 0.05) is 24.0 Å². The number of hydrogen-bond donors (Lipinski definition) is 2. The fraction of sp³-hybridized carbons (Fsp3) is 0.217. The molecule has 4 rings (SSSR count). The fourth-order valence-corrected chi connectivity index (χ4v) is 4.05. The van der Waals surface area contributed by atoms with Crippen LogP contribution in [0.25, 0.3) is 21.5 Å². The van der Waals surface area contributed by atoms with Crippen LogP contribution in [0.5, 0.6) is 5.75 Å². The van der Waals surface area contributed by atoms with Crippen LogP contribution in [0.2, 0.25) is 0 Å². The predicted molar refractivity (Wildman–Crippen MR) is 128 cm³/mol. The van der Waals surface area contributed by atoms with E-state index in [1.54, 1.807) is 12.3 Å². The van der Waals surface area contributed by atoms with Gasteiger partial charge in [0.05, 0.1) is 10.4 Å². The highest BCUT2D eigenvalue weighted by Gasteiger charge is 2.18. The zero-order chi connectivity index (χ0) is 22.7. The summed E-state index contributed by atoms with van der Waals surface area (Å²) in [6, 6.07) is 13.3. The van der Waals surface area contributed by atoms with Crippen molar-refractivity contribution >= 4 is 39.1 Å². The molecular weight excluding hydrogens is 424 g/mol. The third-order valence-electron chi connectivity index (χ3n) is 4.70. The van der Waals surface area contributed by atoms with Crippen molar-refractivity contribution in [2.24, 2.45) is 0 Å². The van der Waals surface area contributed by atoms with Crippen LogP contribution >= 0.6 is 11.3 Å². The highest BCUT2D eigenvalue weighted by atomic mass is 32.1. The molecule has 0 aliphatic rings. The molecule has 0 unspecified atom stereocenters. The summed E-state index contributed by atoms with van der Waals surface area (Å²) in [6.07, 6.45) is 1.61. The molecule has 0 atom stereocenters. The molecule has 9 heteroatoms. The van der Waals surface area contributed by atoms with E-state index in [0.717, 1.165) is 28.1 Å². The number of benzene rings is 2. The van der Waals surface area contributed by atoms with Gasteiger partial charge in [-0.15, -0.1) is 11.3 Å². The van der Waals surface area contributed by atoms with Gasteiger partial charge in [0.15, 0.2) is 5.01 Å². The maximum atomic E-state index is 12.9. The average Bonchev–Trinajstić information content (AvgIpc) is 3.18. The van der Waals surface area contributed by atoms with Gasteiger partial charge in [-0.1, -0.05) is 12.1 Å². The number of hydrogen-bond acceptors (Lipinski definition) is 8. The first kappa shape index (κ1) is 21.7. The van der Waals surface area contributed by atoms with Crippen molar-refractivity contribution in [3.8, 4) is 17.0 Å². The van der Waals surface area contributed by atoms with Crippen LogP contribution in [0.3, 0.4) is 0 Å². The Hall–Kier alpha value is -3.56. The number of aromatic nitrogens is 3. The number of anilines is 2. The van der Waals surface area contributed by atoms with Crippen molar-refractivity contribution in [1.29, 1.82) is 0 Å². The van der Waals surface area contributed by atoms with E-state index in [9.17, 15) is 4.79 Å². The van der Waals surface area contributed by atoms with E-state index in [1.807, 2.05) is 62.3 Å². The third-order valence-corrected chi connectivity index (χ3v) is 5.70. The van der Waals surface area contributed by atoms with E-state index in [-0.39, 0.29) is 11.9 Å². The van der Waals surface area contributed by atoms with Gasteiger partial charge in [-0.25, -0.2) is 15.0 Å². The highest BCUT2D eigenvalue weighted by molar-refractivity contribution is 7.20. The van der Waals surface area contributed by atoms with E-state index < -0.39 is 0 Å². The molecule has 0 spiro atoms. The third kappa shape index (κ3) is 5.01. The minimum absolute atomic E-state index is 0.195. The van der Waals surface area contributed by atoms with E-state index in [1.165, 1.54) is 11.3 Å². The van der Waals surface area contributed by atoms with E-state index in [2.05, 4.69) is 20.3 Å². The first-order chi connectivity index (χ1) is 15.4. The van der Waals surface area contributed by atoms with Crippen molar-refractivity contribution < 1.29 is 9.53 Å². The molecule has 32 heavy (non-hydrogen) atoms. The maximum absolute atomic E-state index is 12.9. The number of nitrogen functional groups attached to an aromatic ring is 1. The number of rotatable bonds is 7. The number of carbonyl (C=O) groups is 1. The Labute approximate surface area is 190 Å². The number of fused-ring (bicyclic) bond motifs is 1. The molecule has 0 saturated carbocycles. The maximum Gasteiger partial charge on any atom is 0.284 e. The SMILES string of the molecule is Cc1cccc(NC(=O)c2nc3c(OCCN(C)C)cc(-c4ccnc(N)n4)cc3s2)c1. The number of ether oxygens (including phenoxy) is 1. The summed E-state index contributed by atoms with van der Waals surface area (Å²) in [6.45, 7) is 3.21. The van der Waals surface area contributed by atoms with Crippen molar-refractivity contribution in [3.63, 3.8) is 0 Å². The second-order valence-corrected chi connectivity index (χ2v) is 8.65. The Morgan fingerprint density at radius 3 is 2.78 bits per heavy atom. The number of likely N-dealkylation sites (N-methyl/N-ethyl adjacent to an activating group) is 1. The van der Waals surface area contributed by atoms with Crippen LogP contribution in [0.15, 0.2) is 48.7 Å². The lowest BCUT2D eigenvalue weighted by atomic mass is 10.1. The lowest BCUT2D eigenvalue weighted by Crippen LogP contribution is -2.19. The Balaban J connectivity index is 1.71. The molecule has 3 N–H and O–H groups in total. The molecule has 2 aromatic carbocycles. The van der Waals surface area contributed by atoms with Crippen LogP contribution in [-0.2, 0) is 0 Å². The topological polar surface area (TPSA) is 106 Å².